The lowest BCUT2D eigenvalue weighted by Gasteiger charge is -2.14. The maximum Gasteiger partial charge on any atom is 0.133 e. The molecular formula is C16H19BrN2. The van der Waals surface area contributed by atoms with Gasteiger partial charge in [0, 0.05) is 16.4 Å². The number of anilines is 2. The largest absolute Gasteiger partial charge is 0.340 e. The number of aromatic nitrogens is 1. The molecule has 3 heteroatoms. The number of halogens is 1. The molecule has 0 bridgehead atoms. The van der Waals surface area contributed by atoms with Gasteiger partial charge in [-0.25, -0.2) is 4.98 Å². The minimum absolute atomic E-state index is 0.528. The maximum absolute atomic E-state index is 4.43. The number of hydrogen-bond donors (Lipinski definition) is 1. The highest BCUT2D eigenvalue weighted by Crippen LogP contribution is 2.26. The van der Waals surface area contributed by atoms with E-state index in [4.69, 9.17) is 0 Å². The molecule has 19 heavy (non-hydrogen) atoms. The van der Waals surface area contributed by atoms with Crippen LogP contribution in [0.1, 0.15) is 36.5 Å². The van der Waals surface area contributed by atoms with Gasteiger partial charge >= 0.3 is 0 Å². The molecule has 1 N–H and O–H groups in total. The Morgan fingerprint density at radius 1 is 1.11 bits per heavy atom. The SMILES string of the molecule is Cc1ccc(C(C)C)cc1Nc1ncc(Br)cc1C. The highest BCUT2D eigenvalue weighted by Gasteiger charge is 2.06. The summed E-state index contributed by atoms with van der Waals surface area (Å²) in [7, 11) is 0. The van der Waals surface area contributed by atoms with E-state index < -0.39 is 0 Å². The third kappa shape index (κ3) is 3.35. The van der Waals surface area contributed by atoms with E-state index in [0.717, 1.165) is 21.5 Å². The molecule has 0 fully saturated rings. The normalized spacial score (nSPS) is 10.8. The summed E-state index contributed by atoms with van der Waals surface area (Å²) < 4.78 is 1.00. The first-order chi connectivity index (χ1) is 8.97. The summed E-state index contributed by atoms with van der Waals surface area (Å²) >= 11 is 3.44. The van der Waals surface area contributed by atoms with E-state index in [9.17, 15) is 0 Å². The van der Waals surface area contributed by atoms with Crippen molar-refractivity contribution >= 4 is 27.4 Å². The summed E-state index contributed by atoms with van der Waals surface area (Å²) in [4.78, 5) is 4.43. The van der Waals surface area contributed by atoms with Crippen molar-refractivity contribution in [1.82, 2.24) is 4.98 Å². The number of nitrogens with one attached hydrogen (secondary N) is 1. The summed E-state index contributed by atoms with van der Waals surface area (Å²) in [6.45, 7) is 8.58. The number of rotatable bonds is 3. The molecule has 100 valence electrons. The Morgan fingerprint density at radius 3 is 2.47 bits per heavy atom. The van der Waals surface area contributed by atoms with Crippen molar-refractivity contribution < 1.29 is 0 Å². The summed E-state index contributed by atoms with van der Waals surface area (Å²) in [5.74, 6) is 1.44. The second-order valence-electron chi connectivity index (χ2n) is 5.17. The average molecular weight is 319 g/mol. The Kier molecular flexibility index (Phi) is 4.25. The predicted molar refractivity (Wildman–Crippen MR) is 85.2 cm³/mol. The van der Waals surface area contributed by atoms with Crippen LogP contribution in [0.3, 0.4) is 0 Å². The number of aryl methyl sites for hydroxylation is 2. The number of nitrogens with zero attached hydrogens (tertiary/aromatic N) is 1. The first-order valence-corrected chi connectivity index (χ1v) is 7.26. The van der Waals surface area contributed by atoms with Crippen LogP contribution in [0.4, 0.5) is 11.5 Å². The van der Waals surface area contributed by atoms with Crippen molar-refractivity contribution in [2.75, 3.05) is 5.32 Å². The molecule has 2 nitrogen and oxygen atoms in total. The third-order valence-corrected chi connectivity index (χ3v) is 3.66. The summed E-state index contributed by atoms with van der Waals surface area (Å²) in [5, 5.41) is 3.43. The standard InChI is InChI=1S/C16H19BrN2/c1-10(2)13-6-5-11(3)15(8-13)19-16-12(4)7-14(17)9-18-16/h5-10H,1-4H3,(H,18,19). The molecule has 0 spiro atoms. The van der Waals surface area contributed by atoms with E-state index in [1.807, 2.05) is 6.20 Å². The molecule has 0 saturated heterocycles. The van der Waals surface area contributed by atoms with E-state index in [-0.39, 0.29) is 0 Å². The Hall–Kier alpha value is -1.35. The van der Waals surface area contributed by atoms with Gasteiger partial charge in [0.25, 0.3) is 0 Å². The predicted octanol–water partition coefficient (Wildman–Crippen LogP) is 5.33. The fraction of sp³-hybridized carbons (Fsp3) is 0.312. The van der Waals surface area contributed by atoms with E-state index in [1.165, 1.54) is 11.1 Å². The van der Waals surface area contributed by atoms with Gasteiger partial charge in [-0.1, -0.05) is 26.0 Å². The minimum Gasteiger partial charge on any atom is -0.340 e. The lowest BCUT2D eigenvalue weighted by atomic mass is 10.0. The summed E-state index contributed by atoms with van der Waals surface area (Å²) in [6.07, 6.45) is 1.82. The van der Waals surface area contributed by atoms with Gasteiger partial charge in [0.15, 0.2) is 0 Å². The smallest absolute Gasteiger partial charge is 0.133 e. The van der Waals surface area contributed by atoms with Crippen molar-refractivity contribution in [3.05, 3.63) is 51.6 Å². The first kappa shape index (κ1) is 14.1. The quantitative estimate of drug-likeness (QED) is 0.827. The van der Waals surface area contributed by atoms with Gasteiger partial charge in [-0.15, -0.1) is 0 Å². The van der Waals surface area contributed by atoms with E-state index >= 15 is 0 Å². The van der Waals surface area contributed by atoms with Crippen molar-refractivity contribution in [2.45, 2.75) is 33.6 Å². The Balaban J connectivity index is 2.34. The summed E-state index contributed by atoms with van der Waals surface area (Å²) in [6, 6.07) is 8.62. The van der Waals surface area contributed by atoms with Gasteiger partial charge in [0.2, 0.25) is 0 Å². The highest BCUT2D eigenvalue weighted by atomic mass is 79.9. The Morgan fingerprint density at radius 2 is 1.84 bits per heavy atom. The lowest BCUT2D eigenvalue weighted by Crippen LogP contribution is -1.99. The number of hydrogen-bond acceptors (Lipinski definition) is 2. The second-order valence-corrected chi connectivity index (χ2v) is 6.09. The van der Waals surface area contributed by atoms with Crippen LogP contribution in [-0.2, 0) is 0 Å². The second kappa shape index (κ2) is 5.74. The zero-order valence-corrected chi connectivity index (χ0v) is 13.4. The molecule has 0 atom stereocenters. The molecular weight excluding hydrogens is 300 g/mol. The first-order valence-electron chi connectivity index (χ1n) is 6.47. The highest BCUT2D eigenvalue weighted by molar-refractivity contribution is 9.10. The van der Waals surface area contributed by atoms with Crippen LogP contribution in [0.5, 0.6) is 0 Å². The minimum atomic E-state index is 0.528. The zero-order chi connectivity index (χ0) is 14.0. The number of benzene rings is 1. The number of pyridine rings is 1. The Bertz CT molecular complexity index is 591. The monoisotopic (exact) mass is 318 g/mol. The Labute approximate surface area is 123 Å². The van der Waals surface area contributed by atoms with Gasteiger partial charge < -0.3 is 5.32 Å². The molecule has 0 amide bonds. The lowest BCUT2D eigenvalue weighted by molar-refractivity contribution is 0.866. The van der Waals surface area contributed by atoms with E-state index in [2.05, 4.69) is 78.2 Å². The van der Waals surface area contributed by atoms with Crippen LogP contribution in [0.15, 0.2) is 34.9 Å². The van der Waals surface area contributed by atoms with Crippen LogP contribution in [0.2, 0.25) is 0 Å². The summed E-state index contributed by atoms with van der Waals surface area (Å²) in [5.41, 5.74) is 4.82. The van der Waals surface area contributed by atoms with Gasteiger partial charge in [-0.05, 0) is 64.5 Å². The van der Waals surface area contributed by atoms with Crippen LogP contribution < -0.4 is 5.32 Å². The molecule has 1 heterocycles. The molecule has 1 aromatic carbocycles. The van der Waals surface area contributed by atoms with Crippen molar-refractivity contribution in [3.63, 3.8) is 0 Å². The van der Waals surface area contributed by atoms with Crippen LogP contribution >= 0.6 is 15.9 Å². The van der Waals surface area contributed by atoms with Crippen molar-refractivity contribution in [1.29, 1.82) is 0 Å². The molecule has 0 aliphatic rings. The molecule has 0 unspecified atom stereocenters. The van der Waals surface area contributed by atoms with E-state index in [0.29, 0.717) is 5.92 Å². The topological polar surface area (TPSA) is 24.9 Å². The van der Waals surface area contributed by atoms with Gasteiger partial charge in [0.05, 0.1) is 0 Å². The molecule has 0 aliphatic carbocycles. The third-order valence-electron chi connectivity index (χ3n) is 3.23. The molecule has 2 rings (SSSR count). The molecule has 0 saturated carbocycles. The van der Waals surface area contributed by atoms with Crippen LogP contribution in [0.25, 0.3) is 0 Å². The zero-order valence-electron chi connectivity index (χ0n) is 11.8. The fourth-order valence-electron chi connectivity index (χ4n) is 1.93. The van der Waals surface area contributed by atoms with Crippen LogP contribution in [-0.4, -0.2) is 4.98 Å². The van der Waals surface area contributed by atoms with Crippen LogP contribution in [0, 0.1) is 13.8 Å². The molecule has 2 aromatic rings. The fourth-order valence-corrected chi connectivity index (χ4v) is 2.38. The molecule has 0 aliphatic heterocycles. The molecule has 1 aromatic heterocycles. The van der Waals surface area contributed by atoms with Crippen molar-refractivity contribution in [2.24, 2.45) is 0 Å². The van der Waals surface area contributed by atoms with E-state index in [1.54, 1.807) is 0 Å². The average Bonchev–Trinajstić information content (AvgIpc) is 2.34. The van der Waals surface area contributed by atoms with Crippen molar-refractivity contribution in [3.8, 4) is 0 Å². The maximum atomic E-state index is 4.43. The van der Waals surface area contributed by atoms with Gasteiger partial charge in [0.1, 0.15) is 5.82 Å². The van der Waals surface area contributed by atoms with Gasteiger partial charge in [-0.3, -0.25) is 0 Å². The van der Waals surface area contributed by atoms with Gasteiger partial charge in [-0.2, -0.15) is 0 Å². The molecule has 0 radical (unpaired) electrons.